The summed E-state index contributed by atoms with van der Waals surface area (Å²) in [6.07, 6.45) is 7.27. The van der Waals surface area contributed by atoms with Crippen LogP contribution in [-0.4, -0.2) is 19.2 Å². The normalized spacial score (nSPS) is 14.4. The van der Waals surface area contributed by atoms with Crippen molar-refractivity contribution in [2.24, 2.45) is 0 Å². The maximum atomic E-state index is 11.3. The summed E-state index contributed by atoms with van der Waals surface area (Å²) in [4.78, 5) is 11.3. The zero-order valence-electron chi connectivity index (χ0n) is 14.9. The number of benzene rings is 2. The Kier molecular flexibility index (Phi) is 6.10. The van der Waals surface area contributed by atoms with Crippen LogP contribution in [0.4, 0.5) is 0 Å². The molecule has 0 unspecified atom stereocenters. The molecule has 25 heavy (non-hydrogen) atoms. The molecule has 0 amide bonds. The van der Waals surface area contributed by atoms with Gasteiger partial charge in [-0.25, -0.2) is 0 Å². The summed E-state index contributed by atoms with van der Waals surface area (Å²) in [6, 6.07) is 16.8. The van der Waals surface area contributed by atoms with Crippen LogP contribution < -0.4 is 4.74 Å². The first kappa shape index (κ1) is 17.5. The highest BCUT2D eigenvalue weighted by molar-refractivity contribution is 5.71. The van der Waals surface area contributed by atoms with E-state index in [2.05, 4.69) is 42.5 Å². The monoisotopic (exact) mass is 338 g/mol. The number of carbonyl (C=O) groups is 1. The summed E-state index contributed by atoms with van der Waals surface area (Å²) in [5, 5.41) is 0. The molecule has 0 spiro atoms. The second-order valence-electron chi connectivity index (χ2n) is 6.65. The van der Waals surface area contributed by atoms with Gasteiger partial charge in [-0.2, -0.15) is 0 Å². The van der Waals surface area contributed by atoms with E-state index in [0.29, 0.717) is 12.5 Å². The van der Waals surface area contributed by atoms with Gasteiger partial charge in [0.1, 0.15) is 5.75 Å². The van der Waals surface area contributed by atoms with Gasteiger partial charge in [-0.15, -0.1) is 0 Å². The number of aryl methyl sites for hydroxylation is 1. The van der Waals surface area contributed by atoms with Crippen LogP contribution in [0, 0.1) is 0 Å². The molecule has 3 heteroatoms. The molecule has 1 aliphatic carbocycles. The lowest BCUT2D eigenvalue weighted by Gasteiger charge is -2.18. The van der Waals surface area contributed by atoms with Gasteiger partial charge in [-0.3, -0.25) is 4.79 Å². The standard InChI is InChI=1S/C22H26O3/c1-24-22(23)13-7-8-17-14-15-21(25-19-11-5-6-12-19)20(16-17)18-9-3-2-4-10-18/h2-4,9-10,14-16,19H,5-8,11-13H2,1H3. The molecule has 3 rings (SSSR count). The van der Waals surface area contributed by atoms with E-state index in [-0.39, 0.29) is 5.97 Å². The molecule has 0 atom stereocenters. The van der Waals surface area contributed by atoms with Crippen LogP contribution in [0.25, 0.3) is 11.1 Å². The Labute approximate surface area is 150 Å². The van der Waals surface area contributed by atoms with E-state index < -0.39 is 0 Å². The Morgan fingerprint density at radius 2 is 1.84 bits per heavy atom. The second-order valence-corrected chi connectivity index (χ2v) is 6.65. The van der Waals surface area contributed by atoms with E-state index in [1.54, 1.807) is 0 Å². The molecule has 1 fully saturated rings. The van der Waals surface area contributed by atoms with Crippen molar-refractivity contribution < 1.29 is 14.3 Å². The van der Waals surface area contributed by atoms with E-state index >= 15 is 0 Å². The van der Waals surface area contributed by atoms with Crippen molar-refractivity contribution in [3.63, 3.8) is 0 Å². The minimum Gasteiger partial charge on any atom is -0.490 e. The minimum absolute atomic E-state index is 0.149. The lowest BCUT2D eigenvalue weighted by atomic mass is 9.99. The lowest BCUT2D eigenvalue weighted by Crippen LogP contribution is -2.11. The summed E-state index contributed by atoms with van der Waals surface area (Å²) >= 11 is 0. The highest BCUT2D eigenvalue weighted by atomic mass is 16.5. The van der Waals surface area contributed by atoms with Crippen molar-refractivity contribution in [1.82, 2.24) is 0 Å². The number of methoxy groups -OCH3 is 1. The van der Waals surface area contributed by atoms with Gasteiger partial charge in [-0.1, -0.05) is 36.4 Å². The van der Waals surface area contributed by atoms with Crippen LogP contribution >= 0.6 is 0 Å². The molecule has 0 saturated heterocycles. The number of ether oxygens (including phenoxy) is 2. The molecule has 0 bridgehead atoms. The van der Waals surface area contributed by atoms with E-state index in [9.17, 15) is 4.79 Å². The molecule has 2 aromatic carbocycles. The molecule has 0 aliphatic heterocycles. The largest absolute Gasteiger partial charge is 0.490 e. The van der Waals surface area contributed by atoms with Crippen molar-refractivity contribution in [3.05, 3.63) is 54.1 Å². The first-order valence-corrected chi connectivity index (χ1v) is 9.18. The topological polar surface area (TPSA) is 35.5 Å². The van der Waals surface area contributed by atoms with Crippen LogP contribution in [0.5, 0.6) is 5.75 Å². The third-order valence-electron chi connectivity index (χ3n) is 4.80. The fraction of sp³-hybridized carbons (Fsp3) is 0.409. The van der Waals surface area contributed by atoms with Gasteiger partial charge in [0.2, 0.25) is 0 Å². The van der Waals surface area contributed by atoms with Crippen LogP contribution in [-0.2, 0) is 16.0 Å². The van der Waals surface area contributed by atoms with Gasteiger partial charge in [0.05, 0.1) is 13.2 Å². The summed E-state index contributed by atoms with van der Waals surface area (Å²) in [7, 11) is 1.44. The molecule has 2 aromatic rings. The van der Waals surface area contributed by atoms with Gasteiger partial charge >= 0.3 is 5.97 Å². The molecular formula is C22H26O3. The molecule has 1 aliphatic rings. The van der Waals surface area contributed by atoms with Gasteiger partial charge in [0, 0.05) is 12.0 Å². The maximum Gasteiger partial charge on any atom is 0.305 e. The maximum absolute atomic E-state index is 11.3. The Hall–Kier alpha value is -2.29. The van der Waals surface area contributed by atoms with Crippen molar-refractivity contribution >= 4 is 5.97 Å². The van der Waals surface area contributed by atoms with Crippen molar-refractivity contribution in [3.8, 4) is 16.9 Å². The summed E-state index contributed by atoms with van der Waals surface area (Å²) in [6.45, 7) is 0. The Bertz CT molecular complexity index is 688. The summed E-state index contributed by atoms with van der Waals surface area (Å²) in [5.41, 5.74) is 3.54. The lowest BCUT2D eigenvalue weighted by molar-refractivity contribution is -0.140. The smallest absolute Gasteiger partial charge is 0.305 e. The van der Waals surface area contributed by atoms with Gasteiger partial charge < -0.3 is 9.47 Å². The Balaban J connectivity index is 1.79. The molecule has 1 saturated carbocycles. The fourth-order valence-corrected chi connectivity index (χ4v) is 3.40. The molecule has 132 valence electrons. The van der Waals surface area contributed by atoms with E-state index in [1.807, 2.05) is 6.07 Å². The van der Waals surface area contributed by atoms with Crippen LogP contribution in [0.3, 0.4) is 0 Å². The predicted molar refractivity (Wildman–Crippen MR) is 99.7 cm³/mol. The number of hydrogen-bond acceptors (Lipinski definition) is 3. The molecular weight excluding hydrogens is 312 g/mol. The third-order valence-corrected chi connectivity index (χ3v) is 4.80. The first-order valence-electron chi connectivity index (χ1n) is 9.18. The fourth-order valence-electron chi connectivity index (χ4n) is 3.40. The SMILES string of the molecule is COC(=O)CCCc1ccc(OC2CCCC2)c(-c2ccccc2)c1. The van der Waals surface area contributed by atoms with Gasteiger partial charge in [0.15, 0.2) is 0 Å². The van der Waals surface area contributed by atoms with Crippen LogP contribution in [0.1, 0.15) is 44.1 Å². The third kappa shape index (κ3) is 4.85. The van der Waals surface area contributed by atoms with Crippen molar-refractivity contribution in [2.75, 3.05) is 7.11 Å². The minimum atomic E-state index is -0.149. The number of carbonyl (C=O) groups excluding carboxylic acids is 1. The van der Waals surface area contributed by atoms with Crippen molar-refractivity contribution in [1.29, 1.82) is 0 Å². The summed E-state index contributed by atoms with van der Waals surface area (Å²) < 4.78 is 11.0. The van der Waals surface area contributed by atoms with Crippen LogP contribution in [0.2, 0.25) is 0 Å². The predicted octanol–water partition coefficient (Wildman–Crippen LogP) is 5.17. The van der Waals surface area contributed by atoms with Crippen molar-refractivity contribution in [2.45, 2.75) is 51.0 Å². The molecule has 0 heterocycles. The summed E-state index contributed by atoms with van der Waals surface area (Å²) in [5.74, 6) is 0.819. The number of esters is 1. The van der Waals surface area contributed by atoms with E-state index in [4.69, 9.17) is 9.47 Å². The van der Waals surface area contributed by atoms with Gasteiger partial charge in [0.25, 0.3) is 0 Å². The molecule has 0 radical (unpaired) electrons. The Morgan fingerprint density at radius 1 is 1.08 bits per heavy atom. The van der Waals surface area contributed by atoms with E-state index in [1.165, 1.54) is 31.1 Å². The zero-order chi connectivity index (χ0) is 17.5. The Morgan fingerprint density at radius 3 is 2.56 bits per heavy atom. The highest BCUT2D eigenvalue weighted by Gasteiger charge is 2.18. The quantitative estimate of drug-likeness (QED) is 0.653. The average molecular weight is 338 g/mol. The highest BCUT2D eigenvalue weighted by Crippen LogP contribution is 2.34. The van der Waals surface area contributed by atoms with Crippen LogP contribution in [0.15, 0.2) is 48.5 Å². The second kappa shape index (κ2) is 8.70. The van der Waals surface area contributed by atoms with E-state index in [0.717, 1.165) is 37.0 Å². The van der Waals surface area contributed by atoms with Gasteiger partial charge in [-0.05, 0) is 61.8 Å². The zero-order valence-corrected chi connectivity index (χ0v) is 14.9. The average Bonchev–Trinajstić information content (AvgIpc) is 3.16. The molecule has 0 N–H and O–H groups in total. The molecule has 3 nitrogen and oxygen atoms in total. The number of rotatable bonds is 7. The first-order chi connectivity index (χ1) is 12.3. The molecule has 0 aromatic heterocycles. The number of hydrogen-bond donors (Lipinski definition) is 0.